The summed E-state index contributed by atoms with van der Waals surface area (Å²) in [4.78, 5) is 0. The van der Waals surface area contributed by atoms with E-state index in [0.717, 1.165) is 11.5 Å². The van der Waals surface area contributed by atoms with Crippen molar-refractivity contribution < 1.29 is 9.47 Å². The minimum Gasteiger partial charge on any atom is -0.493 e. The zero-order valence-corrected chi connectivity index (χ0v) is 11.7. The van der Waals surface area contributed by atoms with Crippen molar-refractivity contribution in [3.63, 3.8) is 0 Å². The monoisotopic (exact) mass is 328 g/mol. The summed E-state index contributed by atoms with van der Waals surface area (Å²) in [5.41, 5.74) is 1.28. The van der Waals surface area contributed by atoms with Crippen LogP contribution in [0.25, 0.3) is 10.8 Å². The van der Waals surface area contributed by atoms with E-state index in [4.69, 9.17) is 9.47 Å². The average molecular weight is 328 g/mol. The predicted molar refractivity (Wildman–Crippen MR) is 74.5 cm³/mol. The van der Waals surface area contributed by atoms with Gasteiger partial charge in [-0.05, 0) is 64.0 Å². The normalized spacial score (nSPS) is 10.5. The van der Waals surface area contributed by atoms with E-state index in [2.05, 4.69) is 41.6 Å². The summed E-state index contributed by atoms with van der Waals surface area (Å²) in [5, 5.41) is 2.35. The molecule has 0 fully saturated rings. The second-order valence-electron chi connectivity index (χ2n) is 3.66. The fourth-order valence-electron chi connectivity index (χ4n) is 1.71. The van der Waals surface area contributed by atoms with Crippen molar-refractivity contribution in [2.45, 2.75) is 6.92 Å². The summed E-state index contributed by atoms with van der Waals surface area (Å²) in [5.74, 6) is 1.55. The topological polar surface area (TPSA) is 18.5 Å². The summed E-state index contributed by atoms with van der Waals surface area (Å²) in [6.45, 7) is 2.11. The van der Waals surface area contributed by atoms with Gasteiger partial charge in [-0.3, -0.25) is 0 Å². The molecular formula is C13H13IO2. The Kier molecular flexibility index (Phi) is 3.23. The van der Waals surface area contributed by atoms with Crippen LogP contribution >= 0.6 is 22.6 Å². The lowest BCUT2D eigenvalue weighted by Crippen LogP contribution is -1.91. The Bertz CT molecular complexity index is 486. The number of hydrogen-bond acceptors (Lipinski definition) is 2. The van der Waals surface area contributed by atoms with Gasteiger partial charge < -0.3 is 9.47 Å². The number of fused-ring (bicyclic) bond motifs is 1. The highest BCUT2D eigenvalue weighted by molar-refractivity contribution is 14.1. The molecule has 0 N–H and O–H groups in total. The van der Waals surface area contributed by atoms with Crippen molar-refractivity contribution in [2.24, 2.45) is 0 Å². The molecule has 0 atom stereocenters. The van der Waals surface area contributed by atoms with E-state index >= 15 is 0 Å². The predicted octanol–water partition coefficient (Wildman–Crippen LogP) is 3.77. The zero-order valence-electron chi connectivity index (χ0n) is 9.50. The van der Waals surface area contributed by atoms with Crippen LogP contribution in [0.1, 0.15) is 5.56 Å². The Morgan fingerprint density at radius 3 is 1.88 bits per heavy atom. The van der Waals surface area contributed by atoms with Crippen molar-refractivity contribution in [3.05, 3.63) is 33.4 Å². The van der Waals surface area contributed by atoms with E-state index in [1.54, 1.807) is 14.2 Å². The van der Waals surface area contributed by atoms with Crippen LogP contribution in [0.3, 0.4) is 0 Å². The van der Waals surface area contributed by atoms with Crippen molar-refractivity contribution >= 4 is 33.4 Å². The molecule has 0 bridgehead atoms. The second-order valence-corrected chi connectivity index (χ2v) is 4.82. The van der Waals surface area contributed by atoms with Gasteiger partial charge in [0.25, 0.3) is 0 Å². The van der Waals surface area contributed by atoms with Crippen LogP contribution in [0.4, 0.5) is 0 Å². The molecule has 0 heterocycles. The highest BCUT2D eigenvalue weighted by Crippen LogP contribution is 2.33. The van der Waals surface area contributed by atoms with E-state index in [-0.39, 0.29) is 0 Å². The Hall–Kier alpha value is -0.970. The van der Waals surface area contributed by atoms with Gasteiger partial charge in [0, 0.05) is 3.57 Å². The molecule has 0 saturated carbocycles. The van der Waals surface area contributed by atoms with Crippen LogP contribution in [0.5, 0.6) is 11.5 Å². The Morgan fingerprint density at radius 1 is 0.875 bits per heavy atom. The molecule has 0 aromatic heterocycles. The molecule has 0 saturated heterocycles. The first-order chi connectivity index (χ1) is 7.65. The van der Waals surface area contributed by atoms with Crippen molar-refractivity contribution in [2.75, 3.05) is 14.2 Å². The number of hydrogen-bond donors (Lipinski definition) is 0. The number of aryl methyl sites for hydroxylation is 1. The molecule has 0 radical (unpaired) electrons. The zero-order chi connectivity index (χ0) is 11.7. The van der Waals surface area contributed by atoms with Gasteiger partial charge >= 0.3 is 0 Å². The summed E-state index contributed by atoms with van der Waals surface area (Å²) in [7, 11) is 3.31. The highest BCUT2D eigenvalue weighted by atomic mass is 127. The molecule has 0 spiro atoms. The summed E-state index contributed by atoms with van der Waals surface area (Å²) in [6.07, 6.45) is 0. The van der Waals surface area contributed by atoms with Crippen molar-refractivity contribution in [1.82, 2.24) is 0 Å². The number of rotatable bonds is 2. The summed E-state index contributed by atoms with van der Waals surface area (Å²) >= 11 is 2.34. The maximum atomic E-state index is 5.29. The van der Waals surface area contributed by atoms with Crippen LogP contribution in [-0.2, 0) is 0 Å². The second kappa shape index (κ2) is 4.49. The van der Waals surface area contributed by atoms with Gasteiger partial charge in [0.2, 0.25) is 0 Å². The first-order valence-electron chi connectivity index (χ1n) is 4.97. The van der Waals surface area contributed by atoms with Gasteiger partial charge in [0.1, 0.15) is 0 Å². The number of ether oxygens (including phenoxy) is 2. The Balaban J connectivity index is 2.73. The lowest BCUT2D eigenvalue weighted by atomic mass is 10.1. The van der Waals surface area contributed by atoms with E-state index in [9.17, 15) is 0 Å². The number of benzene rings is 2. The van der Waals surface area contributed by atoms with Gasteiger partial charge in [-0.1, -0.05) is 6.07 Å². The molecule has 0 unspecified atom stereocenters. The van der Waals surface area contributed by atoms with Gasteiger partial charge in [-0.15, -0.1) is 0 Å². The van der Waals surface area contributed by atoms with E-state index in [0.29, 0.717) is 0 Å². The maximum Gasteiger partial charge on any atom is 0.161 e. The van der Waals surface area contributed by atoms with Crippen LogP contribution < -0.4 is 9.47 Å². The van der Waals surface area contributed by atoms with Gasteiger partial charge in [0.05, 0.1) is 14.2 Å². The quantitative estimate of drug-likeness (QED) is 0.782. The van der Waals surface area contributed by atoms with Crippen LogP contribution in [0.15, 0.2) is 24.3 Å². The van der Waals surface area contributed by atoms with Crippen molar-refractivity contribution in [1.29, 1.82) is 0 Å². The van der Waals surface area contributed by atoms with Gasteiger partial charge in [-0.25, -0.2) is 0 Å². The SMILES string of the molecule is COc1cc2cc(C)c(I)cc2cc1OC. The fraction of sp³-hybridized carbons (Fsp3) is 0.231. The molecule has 0 aliphatic heterocycles. The average Bonchev–Trinajstić information content (AvgIpc) is 2.29. The fourth-order valence-corrected chi connectivity index (χ4v) is 2.20. The van der Waals surface area contributed by atoms with Gasteiger partial charge in [-0.2, -0.15) is 0 Å². The maximum absolute atomic E-state index is 5.29. The molecule has 2 aromatic rings. The molecular weight excluding hydrogens is 315 g/mol. The standard InChI is InChI=1S/C13H13IO2/c1-8-4-9-6-12(15-2)13(16-3)7-10(9)5-11(8)14/h4-7H,1-3H3. The van der Waals surface area contributed by atoms with Crippen molar-refractivity contribution in [3.8, 4) is 11.5 Å². The van der Waals surface area contributed by atoms with Gasteiger partial charge in [0.15, 0.2) is 11.5 Å². The minimum atomic E-state index is 0.773. The third kappa shape index (κ3) is 1.96. The van der Waals surface area contributed by atoms with E-state index < -0.39 is 0 Å². The molecule has 2 aromatic carbocycles. The smallest absolute Gasteiger partial charge is 0.161 e. The molecule has 2 rings (SSSR count). The molecule has 3 heteroatoms. The largest absolute Gasteiger partial charge is 0.493 e. The Labute approximate surface area is 109 Å². The minimum absolute atomic E-state index is 0.773. The van der Waals surface area contributed by atoms with Crippen LogP contribution in [0, 0.1) is 10.5 Å². The highest BCUT2D eigenvalue weighted by Gasteiger charge is 2.07. The lowest BCUT2D eigenvalue weighted by molar-refractivity contribution is 0.356. The molecule has 0 aliphatic rings. The molecule has 2 nitrogen and oxygen atoms in total. The number of halogens is 1. The molecule has 84 valence electrons. The Morgan fingerprint density at radius 2 is 1.38 bits per heavy atom. The first kappa shape index (κ1) is 11.5. The molecule has 0 amide bonds. The molecule has 0 aliphatic carbocycles. The summed E-state index contributed by atoms with van der Waals surface area (Å²) in [6, 6.07) is 8.35. The number of methoxy groups -OCH3 is 2. The third-order valence-corrected chi connectivity index (χ3v) is 3.78. The van der Waals surface area contributed by atoms with Crippen LogP contribution in [-0.4, -0.2) is 14.2 Å². The summed E-state index contributed by atoms with van der Waals surface area (Å²) < 4.78 is 11.8. The lowest BCUT2D eigenvalue weighted by Gasteiger charge is -2.10. The third-order valence-electron chi connectivity index (χ3n) is 2.62. The first-order valence-corrected chi connectivity index (χ1v) is 6.05. The van der Waals surface area contributed by atoms with E-state index in [1.807, 2.05) is 12.1 Å². The molecule has 16 heavy (non-hydrogen) atoms. The van der Waals surface area contributed by atoms with E-state index in [1.165, 1.54) is 19.9 Å². The van der Waals surface area contributed by atoms with Crippen LogP contribution in [0.2, 0.25) is 0 Å².